The van der Waals surface area contributed by atoms with Gasteiger partial charge in [-0.05, 0) is 77.2 Å². The zero-order valence-corrected chi connectivity index (χ0v) is 17.7. The molecule has 3 rings (SSSR count). The second-order valence-corrected chi connectivity index (χ2v) is 8.79. The highest BCUT2D eigenvalue weighted by Gasteiger charge is 2.20. The molecule has 0 radical (unpaired) electrons. The van der Waals surface area contributed by atoms with Gasteiger partial charge in [0.25, 0.3) is 21.6 Å². The van der Waals surface area contributed by atoms with Crippen LogP contribution in [0.5, 0.6) is 0 Å². The number of para-hydroxylation sites is 1. The Labute approximate surface area is 180 Å². The summed E-state index contributed by atoms with van der Waals surface area (Å²) >= 11 is 2.12. The second kappa shape index (κ2) is 8.57. The van der Waals surface area contributed by atoms with E-state index in [0.29, 0.717) is 11.4 Å². The molecule has 0 aliphatic rings. The third-order valence-electron chi connectivity index (χ3n) is 3.86. The first-order valence-electron chi connectivity index (χ1n) is 8.19. The van der Waals surface area contributed by atoms with Gasteiger partial charge in [0.2, 0.25) is 0 Å². The highest BCUT2D eigenvalue weighted by molar-refractivity contribution is 14.1. The van der Waals surface area contributed by atoms with Gasteiger partial charge in [-0.15, -0.1) is 0 Å². The first-order valence-corrected chi connectivity index (χ1v) is 10.8. The molecule has 2 N–H and O–H groups in total. The van der Waals surface area contributed by atoms with Gasteiger partial charge in [-0.2, -0.15) is 0 Å². The number of nitro benzene ring substituents is 1. The summed E-state index contributed by atoms with van der Waals surface area (Å²) in [7, 11) is -3.80. The van der Waals surface area contributed by atoms with Crippen LogP contribution in [0.3, 0.4) is 0 Å². The number of carbonyl (C=O) groups excluding carboxylic acids is 1. The number of rotatable bonds is 6. The van der Waals surface area contributed by atoms with Gasteiger partial charge < -0.3 is 5.32 Å². The zero-order chi connectivity index (χ0) is 21.0. The lowest BCUT2D eigenvalue weighted by Crippen LogP contribution is -2.15. The van der Waals surface area contributed by atoms with Gasteiger partial charge in [-0.25, -0.2) is 8.42 Å². The third kappa shape index (κ3) is 5.09. The molecule has 3 aromatic rings. The Hall–Kier alpha value is -2.99. The van der Waals surface area contributed by atoms with Crippen LogP contribution in [0.2, 0.25) is 0 Å². The summed E-state index contributed by atoms with van der Waals surface area (Å²) in [6.45, 7) is 0. The molecule has 29 heavy (non-hydrogen) atoms. The maximum atomic E-state index is 12.5. The molecule has 0 saturated heterocycles. The molecule has 0 atom stereocenters. The second-order valence-electron chi connectivity index (χ2n) is 5.87. The van der Waals surface area contributed by atoms with Crippen LogP contribution in [-0.4, -0.2) is 19.2 Å². The van der Waals surface area contributed by atoms with Gasteiger partial charge in [0.1, 0.15) is 5.56 Å². The Bertz CT molecular complexity index is 1160. The molecule has 8 nitrogen and oxygen atoms in total. The summed E-state index contributed by atoms with van der Waals surface area (Å²) in [6.07, 6.45) is 0. The molecule has 0 unspecified atom stereocenters. The minimum absolute atomic E-state index is 0.0136. The number of hydrogen-bond donors (Lipinski definition) is 2. The lowest BCUT2D eigenvalue weighted by molar-refractivity contribution is -0.385. The smallest absolute Gasteiger partial charge is 0.282 e. The molecule has 3 aromatic carbocycles. The fourth-order valence-corrected chi connectivity index (χ4v) is 3.89. The van der Waals surface area contributed by atoms with Crippen molar-refractivity contribution in [2.24, 2.45) is 0 Å². The molecule has 148 valence electrons. The quantitative estimate of drug-likeness (QED) is 0.285. The average Bonchev–Trinajstić information content (AvgIpc) is 2.70. The van der Waals surface area contributed by atoms with E-state index in [1.807, 2.05) is 0 Å². The molecule has 10 heteroatoms. The summed E-state index contributed by atoms with van der Waals surface area (Å²) in [5.41, 5.74) is 0.334. The SMILES string of the molecule is O=C(Nc1ccc(S(=O)(=O)Nc2ccc(I)cc2)cc1)c1ccccc1[N+](=O)[O-]. The molecule has 0 aliphatic carbocycles. The van der Waals surface area contributed by atoms with Crippen molar-refractivity contribution in [1.82, 2.24) is 0 Å². The molecule has 0 spiro atoms. The monoisotopic (exact) mass is 523 g/mol. The van der Waals surface area contributed by atoms with Crippen molar-refractivity contribution < 1.29 is 18.1 Å². The van der Waals surface area contributed by atoms with Gasteiger partial charge in [0.15, 0.2) is 0 Å². The van der Waals surface area contributed by atoms with Crippen LogP contribution in [-0.2, 0) is 10.0 Å². The van der Waals surface area contributed by atoms with E-state index in [9.17, 15) is 23.3 Å². The summed E-state index contributed by atoms with van der Waals surface area (Å²) in [6, 6.07) is 17.9. The maximum Gasteiger partial charge on any atom is 0.282 e. The third-order valence-corrected chi connectivity index (χ3v) is 5.98. The van der Waals surface area contributed by atoms with Crippen LogP contribution in [0.4, 0.5) is 17.1 Å². The molecule has 1 amide bonds. The van der Waals surface area contributed by atoms with Crippen molar-refractivity contribution in [3.8, 4) is 0 Å². The van der Waals surface area contributed by atoms with E-state index in [-0.39, 0.29) is 16.1 Å². The predicted octanol–water partition coefficient (Wildman–Crippen LogP) is 4.25. The Morgan fingerprint density at radius 1 is 0.897 bits per heavy atom. The predicted molar refractivity (Wildman–Crippen MR) is 117 cm³/mol. The highest BCUT2D eigenvalue weighted by Crippen LogP contribution is 2.22. The van der Waals surface area contributed by atoms with Crippen LogP contribution in [0, 0.1) is 13.7 Å². The number of benzene rings is 3. The van der Waals surface area contributed by atoms with Gasteiger partial charge in [0.05, 0.1) is 9.82 Å². The van der Waals surface area contributed by atoms with E-state index in [4.69, 9.17) is 0 Å². The summed E-state index contributed by atoms with van der Waals surface area (Å²) in [5, 5.41) is 13.6. The van der Waals surface area contributed by atoms with E-state index in [1.54, 1.807) is 24.3 Å². The van der Waals surface area contributed by atoms with E-state index >= 15 is 0 Å². The van der Waals surface area contributed by atoms with Crippen molar-refractivity contribution in [2.75, 3.05) is 10.0 Å². The number of nitrogens with one attached hydrogen (secondary N) is 2. The normalized spacial score (nSPS) is 10.9. The summed E-state index contributed by atoms with van der Waals surface area (Å²) < 4.78 is 28.4. The molecule has 0 heterocycles. The number of hydrogen-bond acceptors (Lipinski definition) is 5. The van der Waals surface area contributed by atoms with E-state index in [0.717, 1.165) is 3.57 Å². The minimum atomic E-state index is -3.80. The fourth-order valence-electron chi connectivity index (χ4n) is 2.47. The van der Waals surface area contributed by atoms with Crippen molar-refractivity contribution in [1.29, 1.82) is 0 Å². The van der Waals surface area contributed by atoms with Gasteiger partial charge in [0, 0.05) is 21.0 Å². The van der Waals surface area contributed by atoms with Crippen molar-refractivity contribution >= 4 is 55.6 Å². The number of anilines is 2. The number of carbonyl (C=O) groups is 1. The largest absolute Gasteiger partial charge is 0.322 e. The number of nitrogens with zero attached hydrogens (tertiary/aromatic N) is 1. The van der Waals surface area contributed by atoms with Crippen LogP contribution in [0.15, 0.2) is 77.7 Å². The first-order chi connectivity index (χ1) is 13.8. The van der Waals surface area contributed by atoms with Crippen molar-refractivity contribution in [3.63, 3.8) is 0 Å². The molecule has 0 saturated carbocycles. The highest BCUT2D eigenvalue weighted by atomic mass is 127. The molecular formula is C19H14IN3O5S. The van der Waals surface area contributed by atoms with E-state index in [1.165, 1.54) is 48.5 Å². The first kappa shape index (κ1) is 20.7. The maximum absolute atomic E-state index is 12.5. The molecule has 0 bridgehead atoms. The van der Waals surface area contributed by atoms with Crippen LogP contribution >= 0.6 is 22.6 Å². The van der Waals surface area contributed by atoms with E-state index < -0.39 is 20.9 Å². The number of nitro groups is 1. The number of sulfonamides is 1. The van der Waals surface area contributed by atoms with Gasteiger partial charge in [-0.1, -0.05) is 12.1 Å². The molecule has 0 aliphatic heterocycles. The fraction of sp³-hybridized carbons (Fsp3) is 0. The van der Waals surface area contributed by atoms with Crippen LogP contribution in [0.1, 0.15) is 10.4 Å². The molecule has 0 aromatic heterocycles. The molecular weight excluding hydrogens is 509 g/mol. The Morgan fingerprint density at radius 2 is 1.48 bits per heavy atom. The summed E-state index contributed by atoms with van der Waals surface area (Å²) in [5.74, 6) is -0.662. The average molecular weight is 523 g/mol. The Kier molecular flexibility index (Phi) is 6.13. The lowest BCUT2D eigenvalue weighted by Gasteiger charge is -2.10. The molecule has 0 fully saturated rings. The topological polar surface area (TPSA) is 118 Å². The zero-order valence-electron chi connectivity index (χ0n) is 14.7. The van der Waals surface area contributed by atoms with Crippen molar-refractivity contribution in [3.05, 3.63) is 92.0 Å². The van der Waals surface area contributed by atoms with Crippen molar-refractivity contribution in [2.45, 2.75) is 4.90 Å². The number of halogens is 1. The standard InChI is InChI=1S/C19H14IN3O5S/c20-13-5-7-15(8-6-13)22-29(27,28)16-11-9-14(10-12-16)21-19(24)17-3-1-2-4-18(17)23(25)26/h1-12,22H,(H,21,24). The van der Waals surface area contributed by atoms with E-state index in [2.05, 4.69) is 32.6 Å². The summed E-state index contributed by atoms with van der Waals surface area (Å²) in [4.78, 5) is 22.8. The number of amides is 1. The van der Waals surface area contributed by atoms with Crippen LogP contribution < -0.4 is 10.0 Å². The Morgan fingerprint density at radius 3 is 2.10 bits per heavy atom. The van der Waals surface area contributed by atoms with Gasteiger partial charge >= 0.3 is 0 Å². The Balaban J connectivity index is 1.75. The van der Waals surface area contributed by atoms with Gasteiger partial charge in [-0.3, -0.25) is 19.6 Å². The lowest BCUT2D eigenvalue weighted by atomic mass is 10.1. The van der Waals surface area contributed by atoms with Crippen LogP contribution in [0.25, 0.3) is 0 Å². The minimum Gasteiger partial charge on any atom is -0.322 e.